The van der Waals surface area contributed by atoms with Crippen LogP contribution in [0.25, 0.3) is 0 Å². The lowest BCUT2D eigenvalue weighted by molar-refractivity contribution is 0.238. The molecular weight excluding hydrogens is 238 g/mol. The van der Waals surface area contributed by atoms with Gasteiger partial charge >= 0.3 is 6.03 Å². The minimum atomic E-state index is -0.0778. The van der Waals surface area contributed by atoms with Crippen molar-refractivity contribution in [2.24, 2.45) is 0 Å². The highest BCUT2D eigenvalue weighted by Crippen LogP contribution is 2.38. The molecule has 0 spiro atoms. The Labute approximate surface area is 115 Å². The molecule has 0 aromatic carbocycles. The fraction of sp³-hybridized carbons (Fsp3) is 0.667. The van der Waals surface area contributed by atoms with Crippen LogP contribution in [0.3, 0.4) is 0 Å². The average Bonchev–Trinajstić information content (AvgIpc) is 3.07. The largest absolute Gasteiger partial charge is 0.346 e. The van der Waals surface area contributed by atoms with Crippen LogP contribution in [0.1, 0.15) is 49.7 Å². The van der Waals surface area contributed by atoms with E-state index in [0.29, 0.717) is 6.54 Å². The van der Waals surface area contributed by atoms with E-state index in [1.165, 1.54) is 29.8 Å². The van der Waals surface area contributed by atoms with Crippen LogP contribution in [0, 0.1) is 13.8 Å². The monoisotopic (exact) mass is 263 g/mol. The van der Waals surface area contributed by atoms with Crippen molar-refractivity contribution < 1.29 is 4.79 Å². The number of aromatic nitrogens is 1. The first-order chi connectivity index (χ1) is 8.99. The van der Waals surface area contributed by atoms with Crippen molar-refractivity contribution in [2.45, 2.75) is 59.0 Å². The first-order valence-corrected chi connectivity index (χ1v) is 7.20. The first kappa shape index (κ1) is 14.0. The fourth-order valence-electron chi connectivity index (χ4n) is 2.62. The van der Waals surface area contributed by atoms with E-state index in [-0.39, 0.29) is 12.1 Å². The summed E-state index contributed by atoms with van der Waals surface area (Å²) in [6, 6.07) is 3.09. The second kappa shape index (κ2) is 5.68. The van der Waals surface area contributed by atoms with Gasteiger partial charge in [-0.15, -0.1) is 0 Å². The van der Waals surface area contributed by atoms with Crippen LogP contribution in [-0.4, -0.2) is 23.2 Å². The van der Waals surface area contributed by atoms with E-state index in [1.807, 2.05) is 13.8 Å². The van der Waals surface area contributed by atoms with Crippen molar-refractivity contribution in [3.8, 4) is 0 Å². The third-order valence-corrected chi connectivity index (χ3v) is 3.60. The summed E-state index contributed by atoms with van der Waals surface area (Å²) in [6.45, 7) is 8.97. The maximum Gasteiger partial charge on any atom is 0.314 e. The molecule has 1 saturated carbocycles. The topological polar surface area (TPSA) is 46.1 Å². The van der Waals surface area contributed by atoms with Crippen molar-refractivity contribution in [1.82, 2.24) is 15.2 Å². The Kier molecular flexibility index (Phi) is 4.17. The molecule has 4 nitrogen and oxygen atoms in total. The Morgan fingerprint density at radius 1 is 1.42 bits per heavy atom. The Morgan fingerprint density at radius 2 is 2.11 bits per heavy atom. The molecule has 0 bridgehead atoms. The van der Waals surface area contributed by atoms with Crippen molar-refractivity contribution >= 4 is 6.03 Å². The van der Waals surface area contributed by atoms with E-state index in [9.17, 15) is 4.79 Å². The van der Waals surface area contributed by atoms with Gasteiger partial charge in [-0.3, -0.25) is 0 Å². The Balaban J connectivity index is 1.86. The van der Waals surface area contributed by atoms with E-state index < -0.39 is 0 Å². The van der Waals surface area contributed by atoms with Gasteiger partial charge in [-0.25, -0.2) is 4.79 Å². The smallest absolute Gasteiger partial charge is 0.314 e. The Hall–Kier alpha value is -1.45. The number of urea groups is 1. The predicted molar refractivity (Wildman–Crippen MR) is 77.6 cm³/mol. The molecule has 1 fully saturated rings. The van der Waals surface area contributed by atoms with Crippen LogP contribution in [0.5, 0.6) is 0 Å². The molecule has 106 valence electrons. The van der Waals surface area contributed by atoms with E-state index in [4.69, 9.17) is 0 Å². The fourth-order valence-corrected chi connectivity index (χ4v) is 2.62. The van der Waals surface area contributed by atoms with Crippen molar-refractivity contribution in [2.75, 3.05) is 6.54 Å². The summed E-state index contributed by atoms with van der Waals surface area (Å²) in [6.07, 6.45) is 3.52. The lowest BCUT2D eigenvalue weighted by Gasteiger charge is -2.10. The van der Waals surface area contributed by atoms with Crippen LogP contribution in [0.15, 0.2) is 6.07 Å². The van der Waals surface area contributed by atoms with Crippen LogP contribution in [0.2, 0.25) is 0 Å². The highest BCUT2D eigenvalue weighted by atomic mass is 16.2. The molecule has 1 heterocycles. The predicted octanol–water partition coefficient (Wildman–Crippen LogP) is 2.69. The van der Waals surface area contributed by atoms with E-state index in [0.717, 1.165) is 12.5 Å². The summed E-state index contributed by atoms with van der Waals surface area (Å²) >= 11 is 0. The summed E-state index contributed by atoms with van der Waals surface area (Å²) in [5.74, 6) is 0. The Morgan fingerprint density at radius 3 is 2.68 bits per heavy atom. The van der Waals surface area contributed by atoms with Crippen LogP contribution in [0.4, 0.5) is 4.79 Å². The number of carbonyl (C=O) groups excluding carboxylic acids is 1. The summed E-state index contributed by atoms with van der Waals surface area (Å²) < 4.78 is 2.45. The van der Waals surface area contributed by atoms with Gasteiger partial charge in [0.05, 0.1) is 0 Å². The molecule has 0 radical (unpaired) electrons. The minimum absolute atomic E-state index is 0.0778. The zero-order valence-corrected chi connectivity index (χ0v) is 12.4. The average molecular weight is 263 g/mol. The number of amides is 2. The molecule has 19 heavy (non-hydrogen) atoms. The molecule has 0 aliphatic heterocycles. The number of hydrogen-bond donors (Lipinski definition) is 2. The standard InChI is InChI=1S/C15H25N3O/c1-10(2)17-15(19)16-8-7-13-9-11(3)18(12(13)4)14-5-6-14/h9-10,14H,5-8H2,1-4H3,(H2,16,17,19). The van der Waals surface area contributed by atoms with Gasteiger partial charge in [0.25, 0.3) is 0 Å². The summed E-state index contributed by atoms with van der Waals surface area (Å²) in [5.41, 5.74) is 4.07. The molecule has 0 atom stereocenters. The van der Waals surface area contributed by atoms with Gasteiger partial charge in [0, 0.05) is 30.0 Å². The van der Waals surface area contributed by atoms with Crippen molar-refractivity contribution in [3.05, 3.63) is 23.0 Å². The Bertz CT molecular complexity index is 458. The lowest BCUT2D eigenvalue weighted by atomic mass is 10.2. The third kappa shape index (κ3) is 3.52. The van der Waals surface area contributed by atoms with E-state index in [2.05, 4.69) is 35.1 Å². The number of nitrogens with one attached hydrogen (secondary N) is 2. The number of aryl methyl sites for hydroxylation is 1. The van der Waals surface area contributed by atoms with Crippen molar-refractivity contribution in [3.63, 3.8) is 0 Å². The molecule has 2 N–H and O–H groups in total. The van der Waals surface area contributed by atoms with Gasteiger partial charge in [0.15, 0.2) is 0 Å². The first-order valence-electron chi connectivity index (χ1n) is 7.20. The number of carbonyl (C=O) groups is 1. The number of hydrogen-bond acceptors (Lipinski definition) is 1. The molecule has 4 heteroatoms. The van der Waals surface area contributed by atoms with Gasteiger partial charge < -0.3 is 15.2 Å². The molecule has 1 aliphatic carbocycles. The van der Waals surface area contributed by atoms with Crippen molar-refractivity contribution in [1.29, 1.82) is 0 Å². The second-order valence-electron chi connectivity index (χ2n) is 5.80. The van der Waals surface area contributed by atoms with E-state index >= 15 is 0 Å². The van der Waals surface area contributed by atoms with Gasteiger partial charge in [-0.2, -0.15) is 0 Å². The van der Waals surface area contributed by atoms with Crippen LogP contribution < -0.4 is 10.6 Å². The SMILES string of the molecule is Cc1cc(CCNC(=O)NC(C)C)c(C)n1C1CC1. The van der Waals surface area contributed by atoms with E-state index in [1.54, 1.807) is 0 Å². The normalized spacial score (nSPS) is 14.8. The maximum atomic E-state index is 11.5. The highest BCUT2D eigenvalue weighted by molar-refractivity contribution is 5.74. The van der Waals surface area contributed by atoms with Crippen LogP contribution in [-0.2, 0) is 6.42 Å². The lowest BCUT2D eigenvalue weighted by Crippen LogP contribution is -2.40. The molecule has 1 aromatic heterocycles. The van der Waals surface area contributed by atoms with Gasteiger partial charge in [0.1, 0.15) is 0 Å². The quantitative estimate of drug-likeness (QED) is 0.843. The molecule has 2 amide bonds. The number of nitrogens with zero attached hydrogens (tertiary/aromatic N) is 1. The minimum Gasteiger partial charge on any atom is -0.346 e. The third-order valence-electron chi connectivity index (χ3n) is 3.60. The zero-order valence-electron chi connectivity index (χ0n) is 12.4. The maximum absolute atomic E-state index is 11.5. The van der Waals surface area contributed by atoms with Gasteiger partial charge in [-0.05, 0) is 58.6 Å². The molecule has 0 saturated heterocycles. The molecule has 1 aliphatic rings. The second-order valence-corrected chi connectivity index (χ2v) is 5.80. The zero-order chi connectivity index (χ0) is 14.0. The summed E-state index contributed by atoms with van der Waals surface area (Å²) in [5, 5.41) is 5.74. The van der Waals surface area contributed by atoms with Gasteiger partial charge in [0.2, 0.25) is 0 Å². The number of rotatable bonds is 5. The summed E-state index contributed by atoms with van der Waals surface area (Å²) in [4.78, 5) is 11.5. The molecular formula is C15H25N3O. The summed E-state index contributed by atoms with van der Waals surface area (Å²) in [7, 11) is 0. The molecule has 2 rings (SSSR count). The van der Waals surface area contributed by atoms with Crippen LogP contribution >= 0.6 is 0 Å². The molecule has 0 unspecified atom stereocenters. The highest BCUT2D eigenvalue weighted by Gasteiger charge is 2.26. The molecule has 1 aromatic rings. The van der Waals surface area contributed by atoms with Gasteiger partial charge in [-0.1, -0.05) is 0 Å².